The molecule has 1 heterocycles. The van der Waals surface area contributed by atoms with Crippen LogP contribution in [0.15, 0.2) is 23.0 Å². The molecule has 0 radical (unpaired) electrons. The van der Waals surface area contributed by atoms with Crippen molar-refractivity contribution < 1.29 is 4.42 Å². The number of hydrogen-bond donors (Lipinski definition) is 1. The van der Waals surface area contributed by atoms with Gasteiger partial charge < -0.3 is 9.73 Å². The second-order valence-corrected chi connectivity index (χ2v) is 6.17. The lowest BCUT2D eigenvalue weighted by atomic mass is 10.2. The van der Waals surface area contributed by atoms with Crippen molar-refractivity contribution in [1.82, 2.24) is 5.32 Å². The first-order valence-electron chi connectivity index (χ1n) is 4.86. The molecule has 0 amide bonds. The van der Waals surface area contributed by atoms with Crippen LogP contribution in [0.3, 0.4) is 0 Å². The van der Waals surface area contributed by atoms with E-state index in [1.807, 2.05) is 31.1 Å². The highest BCUT2D eigenvalue weighted by atomic mass is 32.2. The predicted molar refractivity (Wildman–Crippen MR) is 62.7 cm³/mol. The minimum absolute atomic E-state index is 0.318. The Morgan fingerprint density at radius 3 is 2.64 bits per heavy atom. The maximum absolute atomic E-state index is 5.08. The molecule has 80 valence electrons. The molecule has 1 N–H and O–H groups in total. The molecule has 0 spiro atoms. The summed E-state index contributed by atoms with van der Waals surface area (Å²) in [7, 11) is 1.99. The number of rotatable bonds is 4. The quantitative estimate of drug-likeness (QED) is 0.832. The molecule has 0 bridgehead atoms. The summed E-state index contributed by atoms with van der Waals surface area (Å²) in [6, 6.07) is 2.41. The van der Waals surface area contributed by atoms with Gasteiger partial charge in [0.05, 0.1) is 12.5 Å². The van der Waals surface area contributed by atoms with Gasteiger partial charge in [0.15, 0.2) is 0 Å². The lowest BCUT2D eigenvalue weighted by Gasteiger charge is -2.21. The van der Waals surface area contributed by atoms with Gasteiger partial charge in [-0.05, 0) is 13.1 Å². The van der Waals surface area contributed by atoms with Crippen LogP contribution in [-0.2, 0) is 0 Å². The predicted octanol–water partition coefficient (Wildman–Crippen LogP) is 3.07. The monoisotopic (exact) mass is 213 g/mol. The Hall–Kier alpha value is -0.410. The fourth-order valence-corrected chi connectivity index (χ4v) is 2.18. The summed E-state index contributed by atoms with van der Waals surface area (Å²) in [4.78, 5) is 0. The zero-order valence-electron chi connectivity index (χ0n) is 9.33. The molecule has 0 aliphatic carbocycles. The third-order valence-corrected chi connectivity index (χ3v) is 3.34. The van der Waals surface area contributed by atoms with E-state index >= 15 is 0 Å². The number of hydrogen-bond acceptors (Lipinski definition) is 3. The van der Waals surface area contributed by atoms with Crippen LogP contribution in [0, 0.1) is 0 Å². The summed E-state index contributed by atoms with van der Waals surface area (Å²) in [6.07, 6.45) is 3.53. The van der Waals surface area contributed by atoms with Crippen molar-refractivity contribution in [3.05, 3.63) is 24.2 Å². The fraction of sp³-hybridized carbons (Fsp3) is 0.636. The van der Waals surface area contributed by atoms with E-state index in [1.165, 1.54) is 5.56 Å². The summed E-state index contributed by atoms with van der Waals surface area (Å²) in [5.41, 5.74) is 1.23. The topological polar surface area (TPSA) is 25.2 Å². The Bertz CT molecular complexity index is 251. The van der Waals surface area contributed by atoms with Crippen LogP contribution in [0.25, 0.3) is 0 Å². The van der Waals surface area contributed by atoms with E-state index < -0.39 is 0 Å². The van der Waals surface area contributed by atoms with Gasteiger partial charge in [-0.15, -0.1) is 0 Å². The highest BCUT2D eigenvalue weighted by molar-refractivity contribution is 8.00. The van der Waals surface area contributed by atoms with Crippen molar-refractivity contribution in [3.8, 4) is 0 Å². The highest BCUT2D eigenvalue weighted by Gasteiger charge is 2.16. The maximum atomic E-state index is 5.08. The Labute approximate surface area is 90.5 Å². The zero-order valence-corrected chi connectivity index (χ0v) is 10.1. The average molecular weight is 213 g/mol. The Morgan fingerprint density at radius 1 is 1.50 bits per heavy atom. The average Bonchev–Trinajstić information content (AvgIpc) is 2.56. The summed E-state index contributed by atoms with van der Waals surface area (Å²) >= 11 is 1.96. The molecule has 0 fully saturated rings. The zero-order chi connectivity index (χ0) is 10.6. The summed E-state index contributed by atoms with van der Waals surface area (Å²) in [5.74, 6) is 1.07. The van der Waals surface area contributed by atoms with Gasteiger partial charge in [-0.2, -0.15) is 11.8 Å². The molecule has 2 nitrogen and oxygen atoms in total. The van der Waals surface area contributed by atoms with Gasteiger partial charge in [-0.25, -0.2) is 0 Å². The summed E-state index contributed by atoms with van der Waals surface area (Å²) < 4.78 is 5.40. The molecular weight excluding hydrogens is 194 g/mol. The highest BCUT2D eigenvalue weighted by Crippen LogP contribution is 2.28. The molecule has 0 saturated heterocycles. The van der Waals surface area contributed by atoms with E-state index in [-0.39, 0.29) is 0 Å². The number of furan rings is 1. The summed E-state index contributed by atoms with van der Waals surface area (Å²) in [5, 5.41) is 3.30. The van der Waals surface area contributed by atoms with Crippen LogP contribution >= 0.6 is 11.8 Å². The maximum Gasteiger partial charge on any atom is 0.0950 e. The minimum atomic E-state index is 0.318. The van der Waals surface area contributed by atoms with E-state index in [9.17, 15) is 0 Å². The van der Waals surface area contributed by atoms with E-state index in [1.54, 1.807) is 6.26 Å². The van der Waals surface area contributed by atoms with Crippen LogP contribution in [0.5, 0.6) is 0 Å². The molecule has 0 aliphatic heterocycles. The van der Waals surface area contributed by atoms with E-state index in [0.717, 1.165) is 5.75 Å². The van der Waals surface area contributed by atoms with E-state index in [0.29, 0.717) is 10.8 Å². The second kappa shape index (κ2) is 4.89. The Balaban J connectivity index is 2.49. The molecule has 1 atom stereocenters. The number of nitrogens with one attached hydrogen (secondary N) is 1. The summed E-state index contributed by atoms with van der Waals surface area (Å²) in [6.45, 7) is 6.71. The first kappa shape index (κ1) is 11.7. The SMILES string of the molecule is CNC(CSC(C)(C)C)c1ccoc1. The van der Waals surface area contributed by atoms with Crippen LogP contribution < -0.4 is 5.32 Å². The fourth-order valence-electron chi connectivity index (χ4n) is 1.15. The Morgan fingerprint density at radius 2 is 2.21 bits per heavy atom. The largest absolute Gasteiger partial charge is 0.472 e. The number of thioether (sulfide) groups is 1. The molecule has 3 heteroatoms. The van der Waals surface area contributed by atoms with Crippen LogP contribution in [0.1, 0.15) is 32.4 Å². The third-order valence-electron chi connectivity index (χ3n) is 1.98. The Kier molecular flexibility index (Phi) is 4.08. The molecule has 0 aromatic carbocycles. The van der Waals surface area contributed by atoms with Gasteiger partial charge in [0.2, 0.25) is 0 Å². The first-order valence-corrected chi connectivity index (χ1v) is 5.85. The van der Waals surface area contributed by atoms with E-state index in [2.05, 4.69) is 26.1 Å². The molecule has 0 saturated carbocycles. The molecule has 14 heavy (non-hydrogen) atoms. The molecule has 0 aliphatic rings. The van der Waals surface area contributed by atoms with Gasteiger partial charge in [-0.3, -0.25) is 0 Å². The second-order valence-electron chi connectivity index (χ2n) is 4.32. The van der Waals surface area contributed by atoms with Gasteiger partial charge >= 0.3 is 0 Å². The van der Waals surface area contributed by atoms with E-state index in [4.69, 9.17) is 4.42 Å². The first-order chi connectivity index (χ1) is 6.53. The normalized spacial score (nSPS) is 14.3. The van der Waals surface area contributed by atoms with Gasteiger partial charge in [0, 0.05) is 22.1 Å². The van der Waals surface area contributed by atoms with Crippen molar-refractivity contribution in [1.29, 1.82) is 0 Å². The van der Waals surface area contributed by atoms with Gasteiger partial charge in [0.1, 0.15) is 0 Å². The van der Waals surface area contributed by atoms with Crippen molar-refractivity contribution in [2.24, 2.45) is 0 Å². The molecule has 1 rings (SSSR count). The van der Waals surface area contributed by atoms with Crippen LogP contribution in [-0.4, -0.2) is 17.5 Å². The molecule has 1 aromatic heterocycles. The van der Waals surface area contributed by atoms with Crippen LogP contribution in [0.4, 0.5) is 0 Å². The lowest BCUT2D eigenvalue weighted by Crippen LogP contribution is -2.21. The molecule has 1 unspecified atom stereocenters. The van der Waals surface area contributed by atoms with Crippen molar-refractivity contribution in [2.75, 3.05) is 12.8 Å². The van der Waals surface area contributed by atoms with Gasteiger partial charge in [0.25, 0.3) is 0 Å². The van der Waals surface area contributed by atoms with Crippen molar-refractivity contribution >= 4 is 11.8 Å². The lowest BCUT2D eigenvalue weighted by molar-refractivity contribution is 0.554. The minimum Gasteiger partial charge on any atom is -0.472 e. The third kappa shape index (κ3) is 3.76. The molecule has 1 aromatic rings. The molecular formula is C11H19NOS. The smallest absolute Gasteiger partial charge is 0.0950 e. The van der Waals surface area contributed by atoms with Crippen molar-refractivity contribution in [2.45, 2.75) is 31.6 Å². The van der Waals surface area contributed by atoms with Gasteiger partial charge in [-0.1, -0.05) is 20.8 Å². The standard InChI is InChI=1S/C11H19NOS/c1-11(2,3)14-8-10(12-4)9-5-6-13-7-9/h5-7,10,12H,8H2,1-4H3. The van der Waals surface area contributed by atoms with Crippen LogP contribution in [0.2, 0.25) is 0 Å². The van der Waals surface area contributed by atoms with Crippen molar-refractivity contribution in [3.63, 3.8) is 0 Å².